The lowest BCUT2D eigenvalue weighted by molar-refractivity contribution is -0.137. The molecule has 0 amide bonds. The maximum absolute atomic E-state index is 12.6. The van der Waals surface area contributed by atoms with Gasteiger partial charge in [-0.15, -0.1) is 0 Å². The van der Waals surface area contributed by atoms with Crippen LogP contribution in [0.25, 0.3) is 0 Å². The Bertz CT molecular complexity index is 936. The smallest absolute Gasteiger partial charge is 0.293 e. The monoisotopic (exact) mass is 396 g/mol. The van der Waals surface area contributed by atoms with E-state index in [0.29, 0.717) is 13.1 Å². The van der Waals surface area contributed by atoms with Gasteiger partial charge in [0.05, 0.1) is 10.5 Å². The van der Waals surface area contributed by atoms with Gasteiger partial charge in [0.1, 0.15) is 0 Å². The molecule has 2 heterocycles. The Kier molecular flexibility index (Phi) is 4.52. The van der Waals surface area contributed by atoms with Gasteiger partial charge in [0.25, 0.3) is 0 Å². The molecule has 2 aliphatic heterocycles. The molecule has 1 fully saturated rings. The summed E-state index contributed by atoms with van der Waals surface area (Å²) in [5, 5.41) is 0. The second kappa shape index (κ2) is 6.61. The zero-order valence-corrected chi connectivity index (χ0v) is 15.3. The summed E-state index contributed by atoms with van der Waals surface area (Å²) in [7, 11) is -3.76. The van der Waals surface area contributed by atoms with Crippen molar-refractivity contribution < 1.29 is 21.6 Å². The van der Waals surface area contributed by atoms with Gasteiger partial charge in [-0.2, -0.15) is 17.5 Å². The Labute approximate surface area is 156 Å². The number of nitrogens with zero attached hydrogens (tertiary/aromatic N) is 2. The van der Waals surface area contributed by atoms with Crippen LogP contribution in [0.15, 0.2) is 53.4 Å². The molecule has 144 valence electrons. The van der Waals surface area contributed by atoms with Crippen molar-refractivity contribution >= 4 is 10.0 Å². The summed E-state index contributed by atoms with van der Waals surface area (Å²) in [6, 6.07) is 12.1. The Balaban J connectivity index is 1.41. The van der Waals surface area contributed by atoms with Crippen LogP contribution in [0.2, 0.25) is 0 Å². The van der Waals surface area contributed by atoms with E-state index in [9.17, 15) is 21.6 Å². The number of sulfonamides is 1. The van der Waals surface area contributed by atoms with Crippen LogP contribution in [0.4, 0.5) is 13.2 Å². The van der Waals surface area contributed by atoms with Crippen LogP contribution in [0.5, 0.6) is 0 Å². The number of rotatable bonds is 3. The summed E-state index contributed by atoms with van der Waals surface area (Å²) in [6.07, 6.45) is -3.53. The van der Waals surface area contributed by atoms with Gasteiger partial charge in [-0.3, -0.25) is 4.90 Å². The first-order chi connectivity index (χ1) is 12.7. The minimum absolute atomic E-state index is 0.0991. The fourth-order valence-electron chi connectivity index (χ4n) is 3.64. The fourth-order valence-corrected chi connectivity index (χ4v) is 5.15. The highest BCUT2D eigenvalue weighted by Gasteiger charge is 2.40. The van der Waals surface area contributed by atoms with E-state index in [0.717, 1.165) is 43.8 Å². The largest absolute Gasteiger partial charge is 0.416 e. The molecule has 8 heteroatoms. The summed E-state index contributed by atoms with van der Waals surface area (Å²) in [5.41, 5.74) is 1.75. The summed E-state index contributed by atoms with van der Waals surface area (Å²) < 4.78 is 64.5. The van der Waals surface area contributed by atoms with Gasteiger partial charge in [-0.05, 0) is 41.8 Å². The molecule has 2 aliphatic rings. The van der Waals surface area contributed by atoms with E-state index in [2.05, 4.69) is 17.0 Å². The molecule has 2 aromatic carbocycles. The average Bonchev–Trinajstić information content (AvgIpc) is 2.59. The molecule has 1 saturated heterocycles. The first-order valence-corrected chi connectivity index (χ1v) is 10.2. The predicted molar refractivity (Wildman–Crippen MR) is 94.5 cm³/mol. The molecule has 0 unspecified atom stereocenters. The van der Waals surface area contributed by atoms with Crippen molar-refractivity contribution in [3.05, 3.63) is 65.2 Å². The topological polar surface area (TPSA) is 40.6 Å². The molecule has 0 atom stereocenters. The number of hydrogen-bond acceptors (Lipinski definition) is 3. The number of halogens is 3. The van der Waals surface area contributed by atoms with Crippen molar-refractivity contribution in [2.24, 2.45) is 0 Å². The van der Waals surface area contributed by atoms with Crippen molar-refractivity contribution in [2.75, 3.05) is 19.6 Å². The van der Waals surface area contributed by atoms with Crippen molar-refractivity contribution in [3.8, 4) is 0 Å². The number of fused-ring (bicyclic) bond motifs is 1. The maximum atomic E-state index is 12.6. The quantitative estimate of drug-likeness (QED) is 0.801. The maximum Gasteiger partial charge on any atom is 0.416 e. The molecule has 2 aromatic rings. The van der Waals surface area contributed by atoms with E-state index in [1.54, 1.807) is 0 Å². The van der Waals surface area contributed by atoms with Crippen LogP contribution >= 0.6 is 0 Å². The number of alkyl halides is 3. The second-order valence-electron chi connectivity index (χ2n) is 6.99. The highest BCUT2D eigenvalue weighted by Crippen LogP contribution is 2.32. The van der Waals surface area contributed by atoms with E-state index >= 15 is 0 Å². The van der Waals surface area contributed by atoms with E-state index in [1.807, 2.05) is 12.1 Å². The van der Waals surface area contributed by atoms with Gasteiger partial charge >= 0.3 is 6.18 Å². The SMILES string of the molecule is O=S(=O)(c1ccc(C(F)(F)F)cc1)N1CC(N2CCc3ccccc3C2)C1. The summed E-state index contributed by atoms with van der Waals surface area (Å²) in [5.74, 6) is 0. The van der Waals surface area contributed by atoms with Crippen molar-refractivity contribution in [1.82, 2.24) is 9.21 Å². The molecule has 4 rings (SSSR count). The number of benzene rings is 2. The molecule has 0 saturated carbocycles. The molecule has 0 aromatic heterocycles. The van der Waals surface area contributed by atoms with E-state index in [1.165, 1.54) is 15.4 Å². The summed E-state index contributed by atoms with van der Waals surface area (Å²) in [6.45, 7) is 2.42. The van der Waals surface area contributed by atoms with Gasteiger partial charge < -0.3 is 0 Å². The highest BCUT2D eigenvalue weighted by molar-refractivity contribution is 7.89. The lowest BCUT2D eigenvalue weighted by Gasteiger charge is -2.46. The normalized spacial score (nSPS) is 19.5. The van der Waals surface area contributed by atoms with Crippen molar-refractivity contribution in [1.29, 1.82) is 0 Å². The predicted octanol–water partition coefficient (Wildman–Crippen LogP) is 3.14. The summed E-state index contributed by atoms with van der Waals surface area (Å²) >= 11 is 0. The van der Waals surface area contributed by atoms with Crippen molar-refractivity contribution in [2.45, 2.75) is 30.1 Å². The Morgan fingerprint density at radius 1 is 0.926 bits per heavy atom. The summed E-state index contributed by atoms with van der Waals surface area (Å²) in [4.78, 5) is 2.18. The minimum atomic E-state index is -4.48. The minimum Gasteiger partial charge on any atom is -0.293 e. The second-order valence-corrected chi connectivity index (χ2v) is 8.93. The van der Waals surface area contributed by atoms with Gasteiger partial charge in [0.15, 0.2) is 0 Å². The molecule has 0 spiro atoms. The number of hydrogen-bond donors (Lipinski definition) is 0. The molecule has 0 aliphatic carbocycles. The van der Waals surface area contributed by atoms with Crippen LogP contribution < -0.4 is 0 Å². The third-order valence-corrected chi connectivity index (χ3v) is 7.17. The van der Waals surface area contributed by atoms with Gasteiger partial charge in [0, 0.05) is 32.2 Å². The van der Waals surface area contributed by atoms with Crippen molar-refractivity contribution in [3.63, 3.8) is 0 Å². The van der Waals surface area contributed by atoms with Gasteiger partial charge in [-0.1, -0.05) is 24.3 Å². The van der Waals surface area contributed by atoms with E-state index < -0.39 is 21.8 Å². The molecular weight excluding hydrogens is 377 g/mol. The zero-order valence-electron chi connectivity index (χ0n) is 14.5. The van der Waals surface area contributed by atoms with Crippen LogP contribution in [0.1, 0.15) is 16.7 Å². The zero-order chi connectivity index (χ0) is 19.2. The Morgan fingerprint density at radius 3 is 2.19 bits per heavy atom. The third-order valence-electron chi connectivity index (χ3n) is 5.32. The van der Waals surface area contributed by atoms with Gasteiger partial charge in [0.2, 0.25) is 10.0 Å². The Morgan fingerprint density at radius 2 is 1.56 bits per heavy atom. The molecular formula is C19H19F3N2O2S. The lowest BCUT2D eigenvalue weighted by atomic mass is 9.97. The Hall–Kier alpha value is -1.90. The molecule has 4 nitrogen and oxygen atoms in total. The van der Waals surface area contributed by atoms with Crippen LogP contribution in [-0.2, 0) is 29.2 Å². The molecule has 0 bridgehead atoms. The van der Waals surface area contributed by atoms with Crippen LogP contribution in [-0.4, -0.2) is 43.3 Å². The van der Waals surface area contributed by atoms with E-state index in [-0.39, 0.29) is 10.9 Å². The first-order valence-electron chi connectivity index (χ1n) is 8.73. The average molecular weight is 396 g/mol. The van der Waals surface area contributed by atoms with Crippen LogP contribution in [0, 0.1) is 0 Å². The standard InChI is InChI=1S/C19H19F3N2O2S/c20-19(21,22)16-5-7-18(8-6-16)27(25,26)24-12-17(13-24)23-10-9-14-3-1-2-4-15(14)11-23/h1-8,17H,9-13H2. The molecule has 27 heavy (non-hydrogen) atoms. The lowest BCUT2D eigenvalue weighted by Crippen LogP contribution is -2.61. The molecule has 0 radical (unpaired) electrons. The van der Waals surface area contributed by atoms with E-state index in [4.69, 9.17) is 0 Å². The molecule has 0 N–H and O–H groups in total. The fraction of sp³-hybridized carbons (Fsp3) is 0.368. The third kappa shape index (κ3) is 3.49. The van der Waals surface area contributed by atoms with Crippen LogP contribution in [0.3, 0.4) is 0 Å². The highest BCUT2D eigenvalue weighted by atomic mass is 32.2. The van der Waals surface area contributed by atoms with Gasteiger partial charge in [-0.25, -0.2) is 8.42 Å². The first kappa shape index (κ1) is 18.5.